The smallest absolute Gasteiger partial charge is 0.335 e. The van der Waals surface area contributed by atoms with Gasteiger partial charge in [-0.3, -0.25) is 0 Å². The van der Waals surface area contributed by atoms with E-state index in [4.69, 9.17) is 5.11 Å². The Morgan fingerprint density at radius 2 is 2.06 bits per heavy atom. The van der Waals surface area contributed by atoms with Crippen molar-refractivity contribution < 1.29 is 9.90 Å². The second-order valence-electron chi connectivity index (χ2n) is 4.83. The molecule has 2 rings (SSSR count). The summed E-state index contributed by atoms with van der Waals surface area (Å²) in [7, 11) is 0. The summed E-state index contributed by atoms with van der Waals surface area (Å²) < 4.78 is 2.09. The number of carboxylic acid groups (broad SMARTS) is 1. The van der Waals surface area contributed by atoms with E-state index < -0.39 is 5.97 Å². The van der Waals surface area contributed by atoms with E-state index in [-0.39, 0.29) is 5.54 Å². The SMILES string of the molecule is CCC(C)(CC)n1cnc2ccc(C(=O)O)cc21. The molecule has 0 amide bonds. The van der Waals surface area contributed by atoms with E-state index in [9.17, 15) is 4.79 Å². The van der Waals surface area contributed by atoms with Crippen molar-refractivity contribution in [1.29, 1.82) is 0 Å². The first-order valence-electron chi connectivity index (χ1n) is 6.22. The van der Waals surface area contributed by atoms with E-state index in [1.807, 2.05) is 6.33 Å². The lowest BCUT2D eigenvalue weighted by Gasteiger charge is -2.29. The highest BCUT2D eigenvalue weighted by Gasteiger charge is 2.24. The first-order valence-corrected chi connectivity index (χ1v) is 6.22. The zero-order valence-corrected chi connectivity index (χ0v) is 11.0. The number of fused-ring (bicyclic) bond motifs is 1. The van der Waals surface area contributed by atoms with Gasteiger partial charge in [-0.25, -0.2) is 9.78 Å². The fraction of sp³-hybridized carbons (Fsp3) is 0.429. The van der Waals surface area contributed by atoms with E-state index in [2.05, 4.69) is 30.3 Å². The first kappa shape index (κ1) is 12.6. The topological polar surface area (TPSA) is 55.1 Å². The number of nitrogens with zero attached hydrogens (tertiary/aromatic N) is 2. The molecule has 4 heteroatoms. The molecule has 96 valence electrons. The molecule has 1 heterocycles. The molecule has 0 aliphatic rings. The summed E-state index contributed by atoms with van der Waals surface area (Å²) in [6, 6.07) is 5.06. The molecule has 1 aromatic carbocycles. The molecule has 4 nitrogen and oxygen atoms in total. The van der Waals surface area contributed by atoms with Crippen LogP contribution >= 0.6 is 0 Å². The van der Waals surface area contributed by atoms with Gasteiger partial charge in [-0.15, -0.1) is 0 Å². The number of aromatic carboxylic acids is 1. The van der Waals surface area contributed by atoms with E-state index in [0.717, 1.165) is 23.9 Å². The maximum absolute atomic E-state index is 11.0. The van der Waals surface area contributed by atoms with Gasteiger partial charge in [0.05, 0.1) is 22.9 Å². The zero-order valence-electron chi connectivity index (χ0n) is 11.0. The number of aromatic nitrogens is 2. The average Bonchev–Trinajstić information content (AvgIpc) is 2.81. The third kappa shape index (κ3) is 1.88. The standard InChI is InChI=1S/C14H18N2O2/c1-4-14(3,5-2)16-9-15-11-7-6-10(13(17)18)8-12(11)16/h6-9H,4-5H2,1-3H3,(H,17,18). The lowest BCUT2D eigenvalue weighted by Crippen LogP contribution is -2.27. The van der Waals surface area contributed by atoms with Crippen molar-refractivity contribution in [3.05, 3.63) is 30.1 Å². The molecular formula is C14H18N2O2. The van der Waals surface area contributed by atoms with Crippen LogP contribution in [-0.2, 0) is 5.54 Å². The fourth-order valence-electron chi connectivity index (χ4n) is 2.16. The van der Waals surface area contributed by atoms with E-state index >= 15 is 0 Å². The maximum atomic E-state index is 11.0. The van der Waals surface area contributed by atoms with Crippen molar-refractivity contribution in [1.82, 2.24) is 9.55 Å². The predicted molar refractivity (Wildman–Crippen MR) is 70.9 cm³/mol. The summed E-state index contributed by atoms with van der Waals surface area (Å²) in [5.74, 6) is -0.903. The average molecular weight is 246 g/mol. The molecule has 0 aliphatic carbocycles. The molecule has 0 bridgehead atoms. The first-order chi connectivity index (χ1) is 8.51. The molecule has 2 aromatic rings. The van der Waals surface area contributed by atoms with Crippen molar-refractivity contribution in [2.45, 2.75) is 39.2 Å². The Kier molecular flexibility index (Phi) is 3.11. The van der Waals surface area contributed by atoms with Crippen LogP contribution in [0.15, 0.2) is 24.5 Å². The monoisotopic (exact) mass is 246 g/mol. The molecule has 0 spiro atoms. The largest absolute Gasteiger partial charge is 0.478 e. The summed E-state index contributed by atoms with van der Waals surface area (Å²) in [6.07, 6.45) is 3.77. The van der Waals surface area contributed by atoms with Crippen molar-refractivity contribution in [2.24, 2.45) is 0 Å². The van der Waals surface area contributed by atoms with Gasteiger partial charge in [-0.05, 0) is 38.0 Å². The van der Waals surface area contributed by atoms with Gasteiger partial charge in [0.2, 0.25) is 0 Å². The van der Waals surface area contributed by atoms with Gasteiger partial charge in [0.1, 0.15) is 0 Å². The van der Waals surface area contributed by atoms with Crippen LogP contribution in [0.5, 0.6) is 0 Å². The Hall–Kier alpha value is -1.84. The third-order valence-electron chi connectivity index (χ3n) is 3.90. The zero-order chi connectivity index (χ0) is 13.3. The van der Waals surface area contributed by atoms with E-state index in [1.165, 1.54) is 0 Å². The molecule has 1 aromatic heterocycles. The normalized spacial score (nSPS) is 11.9. The highest BCUT2D eigenvalue weighted by molar-refractivity contribution is 5.92. The molecule has 0 aliphatic heterocycles. The quantitative estimate of drug-likeness (QED) is 0.900. The van der Waals surface area contributed by atoms with Crippen LogP contribution in [0.4, 0.5) is 0 Å². The number of rotatable bonds is 4. The number of carboxylic acids is 1. The molecule has 0 saturated carbocycles. The lowest BCUT2D eigenvalue weighted by atomic mass is 9.95. The van der Waals surface area contributed by atoms with Gasteiger partial charge in [-0.2, -0.15) is 0 Å². The summed E-state index contributed by atoms with van der Waals surface area (Å²) >= 11 is 0. The minimum atomic E-state index is -0.903. The van der Waals surface area contributed by atoms with Crippen molar-refractivity contribution in [3.63, 3.8) is 0 Å². The Morgan fingerprint density at radius 1 is 1.39 bits per heavy atom. The summed E-state index contributed by atoms with van der Waals surface area (Å²) in [5, 5.41) is 9.06. The third-order valence-corrected chi connectivity index (χ3v) is 3.90. The van der Waals surface area contributed by atoms with Gasteiger partial charge >= 0.3 is 5.97 Å². The van der Waals surface area contributed by atoms with E-state index in [0.29, 0.717) is 5.56 Å². The van der Waals surface area contributed by atoms with Crippen LogP contribution in [0.25, 0.3) is 11.0 Å². The highest BCUT2D eigenvalue weighted by atomic mass is 16.4. The minimum Gasteiger partial charge on any atom is -0.478 e. The molecule has 1 N–H and O–H groups in total. The molecule has 0 unspecified atom stereocenters. The van der Waals surface area contributed by atoms with Crippen LogP contribution < -0.4 is 0 Å². The van der Waals surface area contributed by atoms with Crippen LogP contribution in [0.2, 0.25) is 0 Å². The van der Waals surface area contributed by atoms with Crippen molar-refractivity contribution in [2.75, 3.05) is 0 Å². The highest BCUT2D eigenvalue weighted by Crippen LogP contribution is 2.29. The lowest BCUT2D eigenvalue weighted by molar-refractivity contribution is 0.0697. The maximum Gasteiger partial charge on any atom is 0.335 e. The van der Waals surface area contributed by atoms with Gasteiger partial charge in [0, 0.05) is 5.54 Å². The van der Waals surface area contributed by atoms with Crippen molar-refractivity contribution in [3.8, 4) is 0 Å². The van der Waals surface area contributed by atoms with E-state index in [1.54, 1.807) is 18.2 Å². The number of hydrogen-bond acceptors (Lipinski definition) is 2. The van der Waals surface area contributed by atoms with Crippen LogP contribution in [0.1, 0.15) is 44.0 Å². The minimum absolute atomic E-state index is 0.0219. The van der Waals surface area contributed by atoms with Crippen LogP contribution in [0, 0.1) is 0 Å². The van der Waals surface area contributed by atoms with Crippen LogP contribution in [0.3, 0.4) is 0 Å². The molecule has 0 radical (unpaired) electrons. The number of benzene rings is 1. The Balaban J connectivity index is 2.65. The van der Waals surface area contributed by atoms with Crippen molar-refractivity contribution >= 4 is 17.0 Å². The number of hydrogen-bond donors (Lipinski definition) is 1. The Bertz CT molecular complexity index is 582. The van der Waals surface area contributed by atoms with Gasteiger partial charge in [0.25, 0.3) is 0 Å². The summed E-state index contributed by atoms with van der Waals surface area (Å²) in [5.41, 5.74) is 2.01. The fourth-order valence-corrected chi connectivity index (χ4v) is 2.16. The summed E-state index contributed by atoms with van der Waals surface area (Å²) in [6.45, 7) is 6.44. The Morgan fingerprint density at radius 3 is 2.61 bits per heavy atom. The number of imidazole rings is 1. The molecule has 0 fully saturated rings. The van der Waals surface area contributed by atoms with Gasteiger partial charge in [0.15, 0.2) is 0 Å². The Labute approximate surface area is 106 Å². The molecule has 18 heavy (non-hydrogen) atoms. The predicted octanol–water partition coefficient (Wildman–Crippen LogP) is 3.27. The second-order valence-corrected chi connectivity index (χ2v) is 4.83. The number of carbonyl (C=O) groups is 1. The van der Waals surface area contributed by atoms with Gasteiger partial charge < -0.3 is 9.67 Å². The molecule has 0 saturated heterocycles. The molecule has 0 atom stereocenters. The van der Waals surface area contributed by atoms with Crippen LogP contribution in [-0.4, -0.2) is 20.6 Å². The summed E-state index contributed by atoms with van der Waals surface area (Å²) in [4.78, 5) is 15.4. The van der Waals surface area contributed by atoms with Gasteiger partial charge in [-0.1, -0.05) is 13.8 Å². The second kappa shape index (κ2) is 4.44. The molecular weight excluding hydrogens is 228 g/mol.